The minimum absolute atomic E-state index is 0.216. The van der Waals surface area contributed by atoms with Gasteiger partial charge in [0.15, 0.2) is 0 Å². The number of hydrogen-bond acceptors (Lipinski definition) is 5. The maximum atomic E-state index is 13.2. The van der Waals surface area contributed by atoms with Crippen molar-refractivity contribution in [1.82, 2.24) is 15.0 Å². The summed E-state index contributed by atoms with van der Waals surface area (Å²) in [6, 6.07) is 5.34. The standard InChI is InChI=1S/C20H20BrF3N4O2/c21-14-7-13(20(22,23)24)8-15(9-14)26-17-11-28(27-5-2-16(29)3-6-27)10-12-1-4-25-19(30)18(12)17/h1,4,7-9,11,16,26,29H,2-3,5-6,10H2,(H,25,30). The van der Waals surface area contributed by atoms with Gasteiger partial charge in [-0.25, -0.2) is 5.01 Å². The number of pyridine rings is 1. The Morgan fingerprint density at radius 2 is 1.93 bits per heavy atom. The van der Waals surface area contributed by atoms with Crippen molar-refractivity contribution in [3.8, 4) is 0 Å². The Bertz CT molecular complexity index is 1030. The molecule has 0 radical (unpaired) electrons. The first-order chi connectivity index (χ1) is 14.2. The molecule has 30 heavy (non-hydrogen) atoms. The Labute approximate surface area is 179 Å². The Morgan fingerprint density at radius 1 is 1.20 bits per heavy atom. The molecule has 2 aliphatic rings. The van der Waals surface area contributed by atoms with Crippen LogP contribution in [0.2, 0.25) is 0 Å². The maximum absolute atomic E-state index is 13.2. The second kappa shape index (κ2) is 8.09. The smallest absolute Gasteiger partial charge is 0.393 e. The van der Waals surface area contributed by atoms with Gasteiger partial charge in [0, 0.05) is 35.6 Å². The molecule has 0 amide bonds. The lowest BCUT2D eigenvalue weighted by Gasteiger charge is -2.40. The van der Waals surface area contributed by atoms with Crippen LogP contribution in [0.5, 0.6) is 0 Å². The molecule has 6 nitrogen and oxygen atoms in total. The number of aliphatic hydroxyl groups excluding tert-OH is 1. The SMILES string of the molecule is O=c1[nH]ccc2c1C(Nc1cc(Br)cc(C(F)(F)F)c1)=CN(N1CCC(O)CC1)C2. The predicted octanol–water partition coefficient (Wildman–Crippen LogP) is 3.75. The molecule has 0 bridgehead atoms. The number of halogens is 4. The van der Waals surface area contributed by atoms with Gasteiger partial charge in [0.1, 0.15) is 0 Å². The molecule has 1 saturated heterocycles. The lowest BCUT2D eigenvalue weighted by molar-refractivity contribution is -0.137. The number of nitrogens with zero attached hydrogens (tertiary/aromatic N) is 2. The number of alkyl halides is 3. The molecule has 2 aromatic rings. The number of benzene rings is 1. The highest BCUT2D eigenvalue weighted by atomic mass is 79.9. The van der Waals surface area contributed by atoms with Crippen LogP contribution < -0.4 is 10.9 Å². The Kier molecular flexibility index (Phi) is 5.65. The van der Waals surface area contributed by atoms with Gasteiger partial charge in [-0.15, -0.1) is 0 Å². The Balaban J connectivity index is 1.71. The molecule has 0 atom stereocenters. The Morgan fingerprint density at radius 3 is 2.63 bits per heavy atom. The number of aromatic amines is 1. The summed E-state index contributed by atoms with van der Waals surface area (Å²) in [6.07, 6.45) is -0.250. The van der Waals surface area contributed by atoms with Gasteiger partial charge < -0.3 is 20.4 Å². The van der Waals surface area contributed by atoms with Crippen molar-refractivity contribution in [2.45, 2.75) is 31.7 Å². The zero-order chi connectivity index (χ0) is 21.5. The minimum atomic E-state index is -4.49. The highest BCUT2D eigenvalue weighted by Crippen LogP contribution is 2.35. The molecule has 1 fully saturated rings. The van der Waals surface area contributed by atoms with E-state index in [-0.39, 0.29) is 21.8 Å². The van der Waals surface area contributed by atoms with Gasteiger partial charge >= 0.3 is 6.18 Å². The van der Waals surface area contributed by atoms with Crippen LogP contribution >= 0.6 is 15.9 Å². The van der Waals surface area contributed by atoms with E-state index in [2.05, 4.69) is 31.2 Å². The van der Waals surface area contributed by atoms with Gasteiger partial charge in [-0.3, -0.25) is 4.79 Å². The summed E-state index contributed by atoms with van der Waals surface area (Å²) in [5.74, 6) is 0. The lowest BCUT2D eigenvalue weighted by Crippen LogP contribution is -2.46. The molecule has 0 spiro atoms. The molecule has 160 valence electrons. The number of aliphatic hydroxyl groups is 1. The molecule has 10 heteroatoms. The fraction of sp³-hybridized carbons (Fsp3) is 0.350. The van der Waals surface area contributed by atoms with E-state index >= 15 is 0 Å². The van der Waals surface area contributed by atoms with Crippen LogP contribution in [0.25, 0.3) is 5.70 Å². The molecule has 0 saturated carbocycles. The zero-order valence-electron chi connectivity index (χ0n) is 15.8. The first-order valence-corrected chi connectivity index (χ1v) is 10.3. The van der Waals surface area contributed by atoms with Crippen LogP contribution in [0.1, 0.15) is 29.5 Å². The van der Waals surface area contributed by atoms with Crippen LogP contribution in [-0.2, 0) is 12.7 Å². The number of H-pyrrole nitrogens is 1. The number of hydrazine groups is 1. The van der Waals surface area contributed by atoms with E-state index in [0.29, 0.717) is 43.7 Å². The van der Waals surface area contributed by atoms with E-state index in [1.54, 1.807) is 18.5 Å². The van der Waals surface area contributed by atoms with Crippen molar-refractivity contribution in [3.05, 3.63) is 68.2 Å². The van der Waals surface area contributed by atoms with E-state index in [0.717, 1.165) is 17.7 Å². The van der Waals surface area contributed by atoms with Crippen molar-refractivity contribution < 1.29 is 18.3 Å². The first kappa shape index (κ1) is 21.0. The summed E-state index contributed by atoms with van der Waals surface area (Å²) in [7, 11) is 0. The molecule has 2 aliphatic heterocycles. The third-order valence-corrected chi connectivity index (χ3v) is 5.69. The van der Waals surface area contributed by atoms with E-state index in [4.69, 9.17) is 0 Å². The number of fused-ring (bicyclic) bond motifs is 1. The quantitative estimate of drug-likeness (QED) is 0.618. The molecule has 0 unspecified atom stereocenters. The number of piperidine rings is 1. The average Bonchev–Trinajstić information content (AvgIpc) is 2.67. The molecular weight excluding hydrogens is 465 g/mol. The maximum Gasteiger partial charge on any atom is 0.416 e. The van der Waals surface area contributed by atoms with Gasteiger partial charge in [0.25, 0.3) is 5.56 Å². The van der Waals surface area contributed by atoms with Crippen LogP contribution in [0, 0.1) is 0 Å². The van der Waals surface area contributed by atoms with Gasteiger partial charge in [-0.05, 0) is 42.7 Å². The second-order valence-corrected chi connectivity index (χ2v) is 8.30. The third kappa shape index (κ3) is 4.40. The Hall–Kier alpha value is -2.30. The topological polar surface area (TPSA) is 71.6 Å². The predicted molar refractivity (Wildman–Crippen MR) is 110 cm³/mol. The highest BCUT2D eigenvalue weighted by molar-refractivity contribution is 9.10. The van der Waals surface area contributed by atoms with Crippen LogP contribution in [0.4, 0.5) is 18.9 Å². The first-order valence-electron chi connectivity index (χ1n) is 9.48. The summed E-state index contributed by atoms with van der Waals surface area (Å²) in [5.41, 5.74) is 0.689. The molecule has 4 rings (SSSR count). The molecular formula is C20H20BrF3N4O2. The largest absolute Gasteiger partial charge is 0.416 e. The fourth-order valence-corrected chi connectivity index (χ4v) is 4.24. The van der Waals surface area contributed by atoms with Gasteiger partial charge in [-0.2, -0.15) is 13.2 Å². The van der Waals surface area contributed by atoms with Crippen LogP contribution in [0.15, 0.2) is 45.9 Å². The summed E-state index contributed by atoms with van der Waals surface area (Å²) < 4.78 is 39.9. The van der Waals surface area contributed by atoms with Crippen LogP contribution in [0.3, 0.4) is 0 Å². The molecule has 3 heterocycles. The normalized spacial score (nSPS) is 18.2. The van der Waals surface area contributed by atoms with Gasteiger partial charge in [0.2, 0.25) is 0 Å². The van der Waals surface area contributed by atoms with Crippen molar-refractivity contribution in [2.24, 2.45) is 0 Å². The fourth-order valence-electron chi connectivity index (χ4n) is 3.75. The number of anilines is 1. The summed E-state index contributed by atoms with van der Waals surface area (Å²) in [4.78, 5) is 15.1. The van der Waals surface area contributed by atoms with Gasteiger partial charge in [0.05, 0.1) is 29.5 Å². The number of nitrogens with one attached hydrogen (secondary N) is 2. The number of rotatable bonds is 3. The highest BCUT2D eigenvalue weighted by Gasteiger charge is 2.32. The zero-order valence-corrected chi connectivity index (χ0v) is 17.4. The average molecular weight is 485 g/mol. The summed E-state index contributed by atoms with van der Waals surface area (Å²) >= 11 is 3.13. The van der Waals surface area contributed by atoms with Crippen LogP contribution in [-0.4, -0.2) is 39.3 Å². The molecule has 3 N–H and O–H groups in total. The molecule has 1 aromatic carbocycles. The van der Waals surface area contributed by atoms with Crippen molar-refractivity contribution in [3.63, 3.8) is 0 Å². The second-order valence-electron chi connectivity index (χ2n) is 7.38. The van der Waals surface area contributed by atoms with E-state index in [1.807, 2.05) is 5.01 Å². The monoisotopic (exact) mass is 484 g/mol. The van der Waals surface area contributed by atoms with E-state index < -0.39 is 11.7 Å². The summed E-state index contributed by atoms with van der Waals surface area (Å²) in [5, 5.41) is 16.8. The molecule has 1 aromatic heterocycles. The van der Waals surface area contributed by atoms with Gasteiger partial charge in [-0.1, -0.05) is 15.9 Å². The van der Waals surface area contributed by atoms with E-state index in [1.165, 1.54) is 6.07 Å². The van der Waals surface area contributed by atoms with E-state index in [9.17, 15) is 23.1 Å². The van der Waals surface area contributed by atoms with Crippen molar-refractivity contribution >= 4 is 27.3 Å². The van der Waals surface area contributed by atoms with Crippen molar-refractivity contribution in [2.75, 3.05) is 18.4 Å². The minimum Gasteiger partial charge on any atom is -0.393 e. The lowest BCUT2D eigenvalue weighted by atomic mass is 10.0. The van der Waals surface area contributed by atoms with Crippen molar-refractivity contribution in [1.29, 1.82) is 0 Å². The number of hydrogen-bond donors (Lipinski definition) is 3. The number of aromatic nitrogens is 1. The molecule has 0 aliphatic carbocycles. The summed E-state index contributed by atoms with van der Waals surface area (Å²) in [6.45, 7) is 1.77. The third-order valence-electron chi connectivity index (χ3n) is 5.24.